The smallest absolute Gasteiger partial charge is 0.159 e. The van der Waals surface area contributed by atoms with Gasteiger partial charge in [-0.25, -0.2) is 0 Å². The summed E-state index contributed by atoms with van der Waals surface area (Å²) in [6, 6.07) is 5.77. The Morgan fingerprint density at radius 2 is 2.05 bits per heavy atom. The van der Waals surface area contributed by atoms with Crippen LogP contribution in [0.25, 0.3) is 0 Å². The summed E-state index contributed by atoms with van der Waals surface area (Å²) in [5.41, 5.74) is 1.83. The highest BCUT2D eigenvalue weighted by Gasteiger charge is 2.24. The number of fused-ring (bicyclic) bond motifs is 1. The number of likely N-dealkylation sites (tertiary alicyclic amines) is 1. The molecule has 0 aliphatic carbocycles. The highest BCUT2D eigenvalue weighted by Crippen LogP contribution is 2.34. The summed E-state index contributed by atoms with van der Waals surface area (Å²) in [6.45, 7) is 9.15. The Morgan fingerprint density at radius 3 is 2.76 bits per heavy atom. The zero-order valence-corrected chi connectivity index (χ0v) is 13.0. The van der Waals surface area contributed by atoms with Gasteiger partial charge >= 0.3 is 0 Å². The number of Topliss-reactive ketones (excluding diaryl/α,β-unsaturated/α-hetero) is 1. The molecule has 1 aromatic rings. The van der Waals surface area contributed by atoms with Gasteiger partial charge < -0.3 is 14.5 Å². The second kappa shape index (κ2) is 6.06. The first-order chi connectivity index (χ1) is 10.1. The van der Waals surface area contributed by atoms with E-state index in [0.717, 1.165) is 36.6 Å². The molecule has 1 unspecified atom stereocenters. The number of ether oxygens (including phenoxy) is 1. The van der Waals surface area contributed by atoms with Crippen molar-refractivity contribution in [1.29, 1.82) is 0 Å². The molecule has 3 rings (SSSR count). The van der Waals surface area contributed by atoms with E-state index in [2.05, 4.69) is 16.7 Å². The van der Waals surface area contributed by atoms with Crippen molar-refractivity contribution in [3.05, 3.63) is 23.8 Å². The fourth-order valence-electron chi connectivity index (χ4n) is 3.23. The highest BCUT2D eigenvalue weighted by molar-refractivity contribution is 5.95. The number of rotatable bonds is 4. The van der Waals surface area contributed by atoms with Crippen LogP contribution in [0.5, 0.6) is 5.75 Å². The van der Waals surface area contributed by atoms with Crippen molar-refractivity contribution in [2.24, 2.45) is 0 Å². The molecular formula is C17H24N2O2. The van der Waals surface area contributed by atoms with E-state index in [4.69, 9.17) is 4.74 Å². The van der Waals surface area contributed by atoms with E-state index >= 15 is 0 Å². The van der Waals surface area contributed by atoms with Crippen LogP contribution in [0.15, 0.2) is 18.2 Å². The van der Waals surface area contributed by atoms with Gasteiger partial charge in [0.05, 0.1) is 12.2 Å². The zero-order valence-electron chi connectivity index (χ0n) is 13.0. The summed E-state index contributed by atoms with van der Waals surface area (Å²) in [6.07, 6.45) is 2.84. The normalized spacial score (nSPS) is 22.0. The number of hydrogen-bond acceptors (Lipinski definition) is 4. The van der Waals surface area contributed by atoms with Gasteiger partial charge in [0.15, 0.2) is 5.78 Å². The molecule has 0 radical (unpaired) electrons. The van der Waals surface area contributed by atoms with E-state index in [-0.39, 0.29) is 11.9 Å². The van der Waals surface area contributed by atoms with Crippen molar-refractivity contribution in [3.63, 3.8) is 0 Å². The van der Waals surface area contributed by atoms with Gasteiger partial charge in [-0.1, -0.05) is 0 Å². The van der Waals surface area contributed by atoms with Gasteiger partial charge in [0.2, 0.25) is 0 Å². The molecular weight excluding hydrogens is 264 g/mol. The first kappa shape index (κ1) is 14.4. The molecule has 2 heterocycles. The summed E-state index contributed by atoms with van der Waals surface area (Å²) in [5, 5.41) is 0. The Morgan fingerprint density at radius 1 is 1.29 bits per heavy atom. The topological polar surface area (TPSA) is 32.8 Å². The largest absolute Gasteiger partial charge is 0.487 e. The van der Waals surface area contributed by atoms with Gasteiger partial charge in [-0.2, -0.15) is 0 Å². The van der Waals surface area contributed by atoms with E-state index in [1.165, 1.54) is 25.9 Å². The molecule has 0 saturated carbocycles. The van der Waals surface area contributed by atoms with E-state index in [0.29, 0.717) is 0 Å². The van der Waals surface area contributed by atoms with Gasteiger partial charge in [0.25, 0.3) is 0 Å². The van der Waals surface area contributed by atoms with Gasteiger partial charge in [-0.05, 0) is 58.0 Å². The van der Waals surface area contributed by atoms with Crippen LogP contribution >= 0.6 is 0 Å². The molecule has 4 nitrogen and oxygen atoms in total. The van der Waals surface area contributed by atoms with E-state index in [1.54, 1.807) is 6.92 Å². The Bertz CT molecular complexity index is 524. The van der Waals surface area contributed by atoms with Gasteiger partial charge in [-0.3, -0.25) is 4.79 Å². The number of benzene rings is 1. The minimum Gasteiger partial charge on any atom is -0.487 e. The molecule has 0 N–H and O–H groups in total. The summed E-state index contributed by atoms with van der Waals surface area (Å²) in [5.74, 6) is 1.01. The lowest BCUT2D eigenvalue weighted by molar-refractivity contribution is 0.101. The van der Waals surface area contributed by atoms with Gasteiger partial charge in [0.1, 0.15) is 11.9 Å². The molecule has 0 spiro atoms. The minimum absolute atomic E-state index is 0.107. The summed E-state index contributed by atoms with van der Waals surface area (Å²) in [7, 11) is 0. The van der Waals surface area contributed by atoms with Crippen LogP contribution in [0.3, 0.4) is 0 Å². The van der Waals surface area contributed by atoms with Crippen LogP contribution in [0.1, 0.15) is 37.0 Å². The summed E-state index contributed by atoms with van der Waals surface area (Å²) >= 11 is 0. The van der Waals surface area contributed by atoms with Crippen LogP contribution in [-0.2, 0) is 0 Å². The maximum Gasteiger partial charge on any atom is 0.159 e. The number of nitrogens with zero attached hydrogens (tertiary/aromatic N) is 2. The third-order valence-electron chi connectivity index (χ3n) is 4.40. The van der Waals surface area contributed by atoms with E-state index in [9.17, 15) is 4.79 Å². The number of anilines is 1. The standard InChI is InChI=1S/C17H24N2O2/c1-13-12-19(10-9-18-7-3-4-8-18)16-11-15(14(2)20)5-6-17(16)21-13/h5-6,11,13H,3-4,7-10,12H2,1-2H3. The van der Waals surface area contributed by atoms with Crippen molar-refractivity contribution in [2.45, 2.75) is 32.8 Å². The highest BCUT2D eigenvalue weighted by atomic mass is 16.5. The molecule has 1 atom stereocenters. The molecule has 0 amide bonds. The summed E-state index contributed by atoms with van der Waals surface area (Å²) < 4.78 is 5.90. The lowest BCUT2D eigenvalue weighted by Gasteiger charge is -2.36. The van der Waals surface area contributed by atoms with Crippen molar-refractivity contribution in [3.8, 4) is 5.75 Å². The minimum atomic E-state index is 0.107. The van der Waals surface area contributed by atoms with E-state index < -0.39 is 0 Å². The molecule has 2 aliphatic heterocycles. The second-order valence-electron chi connectivity index (χ2n) is 6.16. The Balaban J connectivity index is 1.77. The van der Waals surface area contributed by atoms with Gasteiger partial charge in [0, 0.05) is 18.7 Å². The van der Waals surface area contributed by atoms with Gasteiger partial charge in [-0.15, -0.1) is 0 Å². The Kier molecular flexibility index (Phi) is 4.15. The molecule has 4 heteroatoms. The molecule has 0 bridgehead atoms. The maximum absolute atomic E-state index is 11.6. The molecule has 1 aromatic carbocycles. The van der Waals surface area contributed by atoms with Crippen LogP contribution < -0.4 is 9.64 Å². The molecule has 2 aliphatic rings. The summed E-state index contributed by atoms with van der Waals surface area (Å²) in [4.78, 5) is 16.5. The van der Waals surface area contributed by atoms with Crippen molar-refractivity contribution >= 4 is 11.5 Å². The monoisotopic (exact) mass is 288 g/mol. The van der Waals surface area contributed by atoms with Crippen molar-refractivity contribution in [2.75, 3.05) is 37.6 Å². The molecule has 1 fully saturated rings. The fraction of sp³-hybridized carbons (Fsp3) is 0.588. The van der Waals surface area contributed by atoms with E-state index in [1.807, 2.05) is 18.2 Å². The number of carbonyl (C=O) groups is 1. The maximum atomic E-state index is 11.6. The predicted molar refractivity (Wildman–Crippen MR) is 84.4 cm³/mol. The quantitative estimate of drug-likeness (QED) is 0.797. The molecule has 114 valence electrons. The average molecular weight is 288 g/mol. The third-order valence-corrected chi connectivity index (χ3v) is 4.40. The second-order valence-corrected chi connectivity index (χ2v) is 6.16. The lowest BCUT2D eigenvalue weighted by Crippen LogP contribution is -2.42. The lowest BCUT2D eigenvalue weighted by atomic mass is 10.1. The third kappa shape index (κ3) is 3.21. The van der Waals surface area contributed by atoms with Crippen LogP contribution in [0.4, 0.5) is 5.69 Å². The molecule has 21 heavy (non-hydrogen) atoms. The van der Waals surface area contributed by atoms with Crippen molar-refractivity contribution in [1.82, 2.24) is 4.90 Å². The SMILES string of the molecule is CC(=O)c1ccc2c(c1)N(CCN1CCCC1)CC(C)O2. The van der Waals surface area contributed by atoms with Crippen LogP contribution in [0, 0.1) is 0 Å². The zero-order chi connectivity index (χ0) is 14.8. The van der Waals surface area contributed by atoms with Crippen molar-refractivity contribution < 1.29 is 9.53 Å². The first-order valence-electron chi connectivity index (χ1n) is 7.92. The Hall–Kier alpha value is -1.55. The first-order valence-corrected chi connectivity index (χ1v) is 7.92. The number of hydrogen-bond donors (Lipinski definition) is 0. The predicted octanol–water partition coefficient (Wildman–Crippen LogP) is 2.57. The molecule has 1 saturated heterocycles. The fourth-order valence-corrected chi connectivity index (χ4v) is 3.23. The van der Waals surface area contributed by atoms with Crippen LogP contribution in [-0.4, -0.2) is 49.5 Å². The Labute approximate surface area is 126 Å². The number of ketones is 1. The average Bonchev–Trinajstić information content (AvgIpc) is 2.97. The molecule has 0 aromatic heterocycles. The number of carbonyl (C=O) groups excluding carboxylic acids is 1. The van der Waals surface area contributed by atoms with Crippen LogP contribution in [0.2, 0.25) is 0 Å².